The number of guanidine groups is 1. The van der Waals surface area contributed by atoms with Crippen LogP contribution in [-0.2, 0) is 14.3 Å². The first-order valence-electron chi connectivity index (χ1n) is 10.1. The van der Waals surface area contributed by atoms with Gasteiger partial charge >= 0.3 is 0 Å². The molecule has 0 unspecified atom stereocenters. The second-order valence-electron chi connectivity index (χ2n) is 7.63. The van der Waals surface area contributed by atoms with Crippen LogP contribution < -0.4 is 10.6 Å². The van der Waals surface area contributed by atoms with Gasteiger partial charge in [0.2, 0.25) is 5.91 Å². The number of nitrogens with one attached hydrogen (secondary N) is 2. The standard InChI is InChI=1S/C19H37N5O3/c1-4-26-12-7-19(5-6-19)16-22-18(21-15-17(25)23(2)3)20-8-9-24-10-13-27-14-11-24/h4-16H2,1-3H3,(H2,20,21,22). The van der Waals surface area contributed by atoms with Gasteiger partial charge in [-0.3, -0.25) is 9.69 Å². The number of rotatable bonds is 11. The SMILES string of the molecule is CCOCCC1(CNC(=NCC(=O)N(C)C)NCCN2CCOCC2)CC1. The van der Waals surface area contributed by atoms with E-state index in [1.165, 1.54) is 12.8 Å². The maximum Gasteiger partial charge on any atom is 0.243 e. The Bertz CT molecular complexity index is 474. The Hall–Kier alpha value is -1.38. The van der Waals surface area contributed by atoms with E-state index in [1.54, 1.807) is 19.0 Å². The van der Waals surface area contributed by atoms with Crippen molar-refractivity contribution in [2.75, 3.05) is 79.8 Å². The summed E-state index contributed by atoms with van der Waals surface area (Å²) < 4.78 is 10.9. The van der Waals surface area contributed by atoms with Crippen LogP contribution >= 0.6 is 0 Å². The molecule has 0 bridgehead atoms. The minimum atomic E-state index is 0.00163. The fraction of sp³-hybridized carbons (Fsp3) is 0.895. The number of hydrogen-bond donors (Lipinski definition) is 2. The molecule has 1 saturated carbocycles. The monoisotopic (exact) mass is 383 g/mol. The van der Waals surface area contributed by atoms with Gasteiger partial charge in [0.05, 0.1) is 13.2 Å². The summed E-state index contributed by atoms with van der Waals surface area (Å²) in [7, 11) is 3.51. The first kappa shape index (κ1) is 21.9. The van der Waals surface area contributed by atoms with Crippen molar-refractivity contribution in [3.63, 3.8) is 0 Å². The molecule has 1 heterocycles. The van der Waals surface area contributed by atoms with Crippen LogP contribution in [0.4, 0.5) is 0 Å². The highest BCUT2D eigenvalue weighted by atomic mass is 16.5. The largest absolute Gasteiger partial charge is 0.382 e. The van der Waals surface area contributed by atoms with Crippen LogP contribution in [-0.4, -0.2) is 101 Å². The lowest BCUT2D eigenvalue weighted by Gasteiger charge is -2.27. The van der Waals surface area contributed by atoms with Crippen LogP contribution in [0.2, 0.25) is 0 Å². The van der Waals surface area contributed by atoms with Crippen molar-refractivity contribution in [1.29, 1.82) is 0 Å². The Labute approximate surface area is 163 Å². The third-order valence-corrected chi connectivity index (χ3v) is 5.26. The molecular weight excluding hydrogens is 346 g/mol. The van der Waals surface area contributed by atoms with Crippen LogP contribution in [0, 0.1) is 5.41 Å². The molecule has 0 aromatic heterocycles. The summed E-state index contributed by atoms with van der Waals surface area (Å²) in [6.45, 7) is 9.95. The van der Waals surface area contributed by atoms with Crippen molar-refractivity contribution in [3.8, 4) is 0 Å². The van der Waals surface area contributed by atoms with Crippen molar-refractivity contribution in [2.24, 2.45) is 10.4 Å². The quantitative estimate of drug-likeness (QED) is 0.300. The highest BCUT2D eigenvalue weighted by Crippen LogP contribution is 2.48. The van der Waals surface area contributed by atoms with E-state index >= 15 is 0 Å². The summed E-state index contributed by atoms with van der Waals surface area (Å²) in [5.74, 6) is 0.725. The maximum atomic E-state index is 11.9. The molecule has 1 aliphatic heterocycles. The zero-order valence-electron chi connectivity index (χ0n) is 17.3. The van der Waals surface area contributed by atoms with Gasteiger partial charge in [0, 0.05) is 60.0 Å². The van der Waals surface area contributed by atoms with E-state index in [4.69, 9.17) is 9.47 Å². The predicted octanol–water partition coefficient (Wildman–Crippen LogP) is 0.149. The van der Waals surface area contributed by atoms with E-state index in [2.05, 4.69) is 20.5 Å². The minimum absolute atomic E-state index is 0.00163. The second kappa shape index (κ2) is 11.5. The molecule has 156 valence electrons. The van der Waals surface area contributed by atoms with Gasteiger partial charge in [-0.15, -0.1) is 0 Å². The molecule has 1 saturated heterocycles. The minimum Gasteiger partial charge on any atom is -0.382 e. The predicted molar refractivity (Wildman–Crippen MR) is 107 cm³/mol. The summed E-state index contributed by atoms with van der Waals surface area (Å²) in [5.41, 5.74) is 0.327. The van der Waals surface area contributed by atoms with Gasteiger partial charge < -0.3 is 25.0 Å². The Morgan fingerprint density at radius 2 is 2.00 bits per heavy atom. The number of amides is 1. The van der Waals surface area contributed by atoms with Crippen molar-refractivity contribution in [2.45, 2.75) is 26.2 Å². The summed E-state index contributed by atoms with van der Waals surface area (Å²) in [5, 5.41) is 6.83. The van der Waals surface area contributed by atoms with E-state index in [-0.39, 0.29) is 12.5 Å². The molecule has 1 aliphatic carbocycles. The fourth-order valence-corrected chi connectivity index (χ4v) is 3.02. The lowest BCUT2D eigenvalue weighted by atomic mass is 10.0. The van der Waals surface area contributed by atoms with E-state index < -0.39 is 0 Å². The van der Waals surface area contributed by atoms with E-state index in [9.17, 15) is 4.79 Å². The van der Waals surface area contributed by atoms with Crippen LogP contribution in [0.15, 0.2) is 4.99 Å². The number of aliphatic imine (C=N–C) groups is 1. The number of hydrogen-bond acceptors (Lipinski definition) is 5. The van der Waals surface area contributed by atoms with Crippen molar-refractivity contribution in [3.05, 3.63) is 0 Å². The molecule has 1 amide bonds. The van der Waals surface area contributed by atoms with Gasteiger partial charge in [-0.1, -0.05) is 0 Å². The van der Waals surface area contributed by atoms with Gasteiger partial charge in [-0.25, -0.2) is 4.99 Å². The Balaban J connectivity index is 1.79. The molecule has 2 rings (SSSR count). The number of morpholine rings is 1. The van der Waals surface area contributed by atoms with Gasteiger partial charge in [-0.05, 0) is 31.6 Å². The zero-order valence-corrected chi connectivity index (χ0v) is 17.3. The molecule has 8 heteroatoms. The van der Waals surface area contributed by atoms with E-state index in [0.717, 1.165) is 71.5 Å². The Morgan fingerprint density at radius 3 is 2.63 bits per heavy atom. The average Bonchev–Trinajstić information content (AvgIpc) is 3.44. The molecule has 0 spiro atoms. The van der Waals surface area contributed by atoms with Crippen LogP contribution in [0.3, 0.4) is 0 Å². The summed E-state index contributed by atoms with van der Waals surface area (Å²) >= 11 is 0. The molecule has 0 atom stereocenters. The Kier molecular flexibility index (Phi) is 9.30. The van der Waals surface area contributed by atoms with Crippen LogP contribution in [0.5, 0.6) is 0 Å². The third kappa shape index (κ3) is 8.45. The topological polar surface area (TPSA) is 78.4 Å². The Morgan fingerprint density at radius 1 is 1.26 bits per heavy atom. The second-order valence-corrected chi connectivity index (χ2v) is 7.63. The average molecular weight is 384 g/mol. The summed E-state index contributed by atoms with van der Waals surface area (Å²) in [4.78, 5) is 20.3. The molecule has 0 aromatic rings. The fourth-order valence-electron chi connectivity index (χ4n) is 3.02. The van der Waals surface area contributed by atoms with E-state index in [1.807, 2.05) is 6.92 Å². The number of carbonyl (C=O) groups excluding carboxylic acids is 1. The van der Waals surface area contributed by atoms with Gasteiger partial charge in [-0.2, -0.15) is 0 Å². The maximum absolute atomic E-state index is 11.9. The first-order chi connectivity index (χ1) is 13.0. The van der Waals surface area contributed by atoms with E-state index in [0.29, 0.717) is 5.41 Å². The van der Waals surface area contributed by atoms with Gasteiger partial charge in [0.25, 0.3) is 0 Å². The molecule has 27 heavy (non-hydrogen) atoms. The number of likely N-dealkylation sites (N-methyl/N-ethyl adjacent to an activating group) is 1. The molecule has 2 aliphatic rings. The molecule has 0 radical (unpaired) electrons. The lowest BCUT2D eigenvalue weighted by Crippen LogP contribution is -2.46. The number of carbonyl (C=O) groups is 1. The molecule has 2 N–H and O–H groups in total. The normalized spacial score (nSPS) is 19.6. The third-order valence-electron chi connectivity index (χ3n) is 5.26. The first-order valence-corrected chi connectivity index (χ1v) is 10.1. The zero-order chi connectivity index (χ0) is 19.5. The molecule has 0 aromatic carbocycles. The van der Waals surface area contributed by atoms with Crippen LogP contribution in [0.25, 0.3) is 0 Å². The number of nitrogens with zero attached hydrogens (tertiary/aromatic N) is 3. The molecule has 8 nitrogen and oxygen atoms in total. The molecule has 2 fully saturated rings. The highest BCUT2D eigenvalue weighted by Gasteiger charge is 2.41. The smallest absolute Gasteiger partial charge is 0.243 e. The van der Waals surface area contributed by atoms with Crippen molar-refractivity contribution >= 4 is 11.9 Å². The lowest BCUT2D eigenvalue weighted by molar-refractivity contribution is -0.127. The van der Waals surface area contributed by atoms with Crippen LogP contribution in [0.1, 0.15) is 26.2 Å². The van der Waals surface area contributed by atoms with Gasteiger partial charge in [0.15, 0.2) is 5.96 Å². The highest BCUT2D eigenvalue weighted by molar-refractivity contribution is 5.84. The number of ether oxygens (including phenoxy) is 2. The van der Waals surface area contributed by atoms with Crippen molar-refractivity contribution in [1.82, 2.24) is 20.4 Å². The molecular formula is C19H37N5O3. The van der Waals surface area contributed by atoms with Crippen molar-refractivity contribution < 1.29 is 14.3 Å². The summed E-state index contributed by atoms with van der Waals surface area (Å²) in [6, 6.07) is 0. The summed E-state index contributed by atoms with van der Waals surface area (Å²) in [6.07, 6.45) is 3.53. The van der Waals surface area contributed by atoms with Gasteiger partial charge in [0.1, 0.15) is 6.54 Å².